The standard InChI is InChI=1S/C23H25ClN2O3/c1-14(2)17-10-9-15(3)13-20(17)28-12-11-25-23(27)21-16(4)29-26-22(21)18-7-5-6-8-19(18)24/h5-10,13-14H,11-12H2,1-4H3,(H,25,27). The van der Waals surface area contributed by atoms with Crippen LogP contribution in [-0.4, -0.2) is 24.2 Å². The lowest BCUT2D eigenvalue weighted by molar-refractivity contribution is 0.0946. The number of benzene rings is 2. The van der Waals surface area contributed by atoms with E-state index in [1.807, 2.05) is 31.2 Å². The largest absolute Gasteiger partial charge is 0.491 e. The van der Waals surface area contributed by atoms with Crippen molar-refractivity contribution in [2.45, 2.75) is 33.6 Å². The van der Waals surface area contributed by atoms with E-state index in [-0.39, 0.29) is 5.91 Å². The highest BCUT2D eigenvalue weighted by Crippen LogP contribution is 2.31. The lowest BCUT2D eigenvalue weighted by Crippen LogP contribution is -2.28. The highest BCUT2D eigenvalue weighted by molar-refractivity contribution is 6.33. The van der Waals surface area contributed by atoms with Crippen molar-refractivity contribution in [1.82, 2.24) is 10.5 Å². The quantitative estimate of drug-likeness (QED) is 0.517. The second-order valence-corrected chi connectivity index (χ2v) is 7.65. The Balaban J connectivity index is 1.67. The molecule has 0 spiro atoms. The molecule has 0 saturated carbocycles. The van der Waals surface area contributed by atoms with Gasteiger partial charge in [-0.15, -0.1) is 0 Å². The second-order valence-electron chi connectivity index (χ2n) is 7.24. The predicted octanol–water partition coefficient (Wildman–Crippen LogP) is 5.54. The summed E-state index contributed by atoms with van der Waals surface area (Å²) in [6, 6.07) is 13.4. The number of amides is 1. The van der Waals surface area contributed by atoms with Crippen LogP contribution in [-0.2, 0) is 0 Å². The molecule has 5 nitrogen and oxygen atoms in total. The fourth-order valence-electron chi connectivity index (χ4n) is 3.13. The normalized spacial score (nSPS) is 11.0. The summed E-state index contributed by atoms with van der Waals surface area (Å²) in [5.41, 5.74) is 3.77. The zero-order chi connectivity index (χ0) is 21.0. The summed E-state index contributed by atoms with van der Waals surface area (Å²) >= 11 is 6.26. The van der Waals surface area contributed by atoms with E-state index in [2.05, 4.69) is 36.5 Å². The van der Waals surface area contributed by atoms with Gasteiger partial charge in [0.2, 0.25) is 0 Å². The number of nitrogens with one attached hydrogen (secondary N) is 1. The molecular formula is C23H25ClN2O3. The number of rotatable bonds is 7. The molecule has 0 radical (unpaired) electrons. The van der Waals surface area contributed by atoms with Gasteiger partial charge in [-0.2, -0.15) is 0 Å². The van der Waals surface area contributed by atoms with Crippen molar-refractivity contribution in [3.8, 4) is 17.0 Å². The average Bonchev–Trinajstić information content (AvgIpc) is 3.06. The van der Waals surface area contributed by atoms with Gasteiger partial charge in [-0.05, 0) is 43.0 Å². The van der Waals surface area contributed by atoms with Crippen LogP contribution in [0.1, 0.15) is 47.0 Å². The van der Waals surface area contributed by atoms with Crippen LogP contribution in [0.25, 0.3) is 11.3 Å². The number of hydrogen-bond acceptors (Lipinski definition) is 4. The molecule has 29 heavy (non-hydrogen) atoms. The van der Waals surface area contributed by atoms with Gasteiger partial charge in [0.15, 0.2) is 0 Å². The molecule has 0 aliphatic carbocycles. The van der Waals surface area contributed by atoms with Crippen LogP contribution in [0.5, 0.6) is 5.75 Å². The van der Waals surface area contributed by atoms with Gasteiger partial charge in [0.25, 0.3) is 5.91 Å². The van der Waals surface area contributed by atoms with Crippen molar-refractivity contribution in [2.24, 2.45) is 0 Å². The molecule has 1 amide bonds. The summed E-state index contributed by atoms with van der Waals surface area (Å²) in [5, 5.41) is 7.43. The number of carbonyl (C=O) groups is 1. The van der Waals surface area contributed by atoms with E-state index in [1.165, 1.54) is 0 Å². The highest BCUT2D eigenvalue weighted by Gasteiger charge is 2.22. The van der Waals surface area contributed by atoms with Crippen LogP contribution in [0.4, 0.5) is 0 Å². The molecule has 0 saturated heterocycles. The smallest absolute Gasteiger partial charge is 0.257 e. The fourth-order valence-corrected chi connectivity index (χ4v) is 3.36. The maximum absolute atomic E-state index is 12.8. The molecule has 3 rings (SSSR count). The van der Waals surface area contributed by atoms with Crippen molar-refractivity contribution >= 4 is 17.5 Å². The van der Waals surface area contributed by atoms with Crippen LogP contribution in [0.15, 0.2) is 47.0 Å². The van der Waals surface area contributed by atoms with E-state index in [0.29, 0.717) is 46.7 Å². The maximum Gasteiger partial charge on any atom is 0.257 e. The lowest BCUT2D eigenvalue weighted by Gasteiger charge is -2.15. The van der Waals surface area contributed by atoms with E-state index in [4.69, 9.17) is 20.9 Å². The zero-order valence-corrected chi connectivity index (χ0v) is 17.8. The molecular weight excluding hydrogens is 388 g/mol. The van der Waals surface area contributed by atoms with Crippen molar-refractivity contribution < 1.29 is 14.1 Å². The van der Waals surface area contributed by atoms with Crippen molar-refractivity contribution in [3.63, 3.8) is 0 Å². The van der Waals surface area contributed by atoms with Gasteiger partial charge in [-0.3, -0.25) is 4.79 Å². The molecule has 0 unspecified atom stereocenters. The number of hydrogen-bond donors (Lipinski definition) is 1. The van der Waals surface area contributed by atoms with Gasteiger partial charge in [-0.1, -0.05) is 60.9 Å². The summed E-state index contributed by atoms with van der Waals surface area (Å²) in [7, 11) is 0. The van der Waals surface area contributed by atoms with Gasteiger partial charge >= 0.3 is 0 Å². The molecule has 0 atom stereocenters. The Hall–Kier alpha value is -2.79. The lowest BCUT2D eigenvalue weighted by atomic mass is 10.0. The van der Waals surface area contributed by atoms with Crippen LogP contribution in [0.2, 0.25) is 5.02 Å². The highest BCUT2D eigenvalue weighted by atomic mass is 35.5. The Kier molecular flexibility index (Phi) is 6.60. The second kappa shape index (κ2) is 9.14. The van der Waals surface area contributed by atoms with Gasteiger partial charge in [-0.25, -0.2) is 0 Å². The molecule has 0 bridgehead atoms. The van der Waals surface area contributed by atoms with Gasteiger partial charge in [0, 0.05) is 5.56 Å². The molecule has 0 aliphatic rings. The number of nitrogens with zero attached hydrogens (tertiary/aromatic N) is 1. The molecule has 0 aliphatic heterocycles. The summed E-state index contributed by atoms with van der Waals surface area (Å²) < 4.78 is 11.2. The number of aryl methyl sites for hydroxylation is 2. The van der Waals surface area contributed by atoms with Crippen LogP contribution in [0, 0.1) is 13.8 Å². The summed E-state index contributed by atoms with van der Waals surface area (Å²) in [4.78, 5) is 12.8. The monoisotopic (exact) mass is 412 g/mol. The van der Waals surface area contributed by atoms with Crippen LogP contribution < -0.4 is 10.1 Å². The van der Waals surface area contributed by atoms with Crippen LogP contribution in [0.3, 0.4) is 0 Å². The summed E-state index contributed by atoms with van der Waals surface area (Å²) in [6.07, 6.45) is 0. The molecule has 6 heteroatoms. The number of ether oxygens (including phenoxy) is 1. The number of halogens is 1. The molecule has 152 valence electrons. The minimum Gasteiger partial charge on any atom is -0.491 e. The first-order valence-electron chi connectivity index (χ1n) is 9.61. The van der Waals surface area contributed by atoms with E-state index in [9.17, 15) is 4.79 Å². The Morgan fingerprint density at radius 3 is 2.69 bits per heavy atom. The maximum atomic E-state index is 12.8. The summed E-state index contributed by atoms with van der Waals surface area (Å²) in [6.45, 7) is 8.72. The van der Waals surface area contributed by atoms with E-state index in [0.717, 1.165) is 16.9 Å². The number of aromatic nitrogens is 1. The predicted molar refractivity (Wildman–Crippen MR) is 115 cm³/mol. The first-order chi connectivity index (χ1) is 13.9. The number of carbonyl (C=O) groups excluding carboxylic acids is 1. The molecule has 1 aromatic heterocycles. The Morgan fingerprint density at radius 1 is 1.21 bits per heavy atom. The van der Waals surface area contributed by atoms with Gasteiger partial charge in [0.05, 0.1) is 11.6 Å². The van der Waals surface area contributed by atoms with Crippen molar-refractivity contribution in [1.29, 1.82) is 0 Å². The third kappa shape index (κ3) is 4.80. The Bertz CT molecular complexity index is 1010. The SMILES string of the molecule is Cc1ccc(C(C)C)c(OCCNC(=O)c2c(-c3ccccc3Cl)noc2C)c1. The Morgan fingerprint density at radius 2 is 1.97 bits per heavy atom. The van der Waals surface area contributed by atoms with Crippen LogP contribution >= 0.6 is 11.6 Å². The van der Waals surface area contributed by atoms with E-state index < -0.39 is 0 Å². The molecule has 3 aromatic rings. The Labute approximate surface area is 176 Å². The average molecular weight is 413 g/mol. The first-order valence-corrected chi connectivity index (χ1v) is 9.99. The topological polar surface area (TPSA) is 64.4 Å². The third-order valence-electron chi connectivity index (χ3n) is 4.66. The molecule has 1 heterocycles. The van der Waals surface area contributed by atoms with E-state index >= 15 is 0 Å². The van der Waals surface area contributed by atoms with Gasteiger partial charge < -0.3 is 14.6 Å². The minimum atomic E-state index is -0.268. The van der Waals surface area contributed by atoms with Crippen molar-refractivity contribution in [2.75, 3.05) is 13.2 Å². The van der Waals surface area contributed by atoms with E-state index in [1.54, 1.807) is 13.0 Å². The molecule has 2 aromatic carbocycles. The molecule has 0 fully saturated rings. The zero-order valence-electron chi connectivity index (χ0n) is 17.1. The van der Waals surface area contributed by atoms with Crippen molar-refractivity contribution in [3.05, 3.63) is 69.9 Å². The van der Waals surface area contributed by atoms with Gasteiger partial charge in [0.1, 0.15) is 29.4 Å². The fraction of sp³-hybridized carbons (Fsp3) is 0.304. The molecule has 1 N–H and O–H groups in total. The summed E-state index contributed by atoms with van der Waals surface area (Å²) in [5.74, 6) is 1.39. The minimum absolute atomic E-state index is 0.268. The first kappa shape index (κ1) is 20.9. The third-order valence-corrected chi connectivity index (χ3v) is 4.98.